The van der Waals surface area contributed by atoms with Crippen LogP contribution < -0.4 is 10.6 Å². The molecular formula is C20H17ClN4O2. The zero-order chi connectivity index (χ0) is 19.2. The summed E-state index contributed by atoms with van der Waals surface area (Å²) in [6.07, 6.45) is 0. The van der Waals surface area contributed by atoms with Gasteiger partial charge in [0, 0.05) is 22.8 Å². The molecule has 0 saturated carbocycles. The molecule has 0 atom stereocenters. The van der Waals surface area contributed by atoms with E-state index < -0.39 is 0 Å². The third-order valence-corrected chi connectivity index (χ3v) is 4.06. The highest BCUT2D eigenvalue weighted by Gasteiger charge is 2.08. The molecule has 3 aromatic rings. The quantitative estimate of drug-likeness (QED) is 0.631. The minimum absolute atomic E-state index is 0.0163. The number of carbonyl (C=O) groups excluding carboxylic acids is 2. The molecule has 0 radical (unpaired) electrons. The number of carbonyl (C=O) groups is 2. The van der Waals surface area contributed by atoms with Crippen LogP contribution in [0, 0.1) is 0 Å². The van der Waals surface area contributed by atoms with Crippen LogP contribution in [0.5, 0.6) is 0 Å². The van der Waals surface area contributed by atoms with Crippen molar-refractivity contribution in [3.05, 3.63) is 82.5 Å². The Kier molecular flexibility index (Phi) is 5.78. The van der Waals surface area contributed by atoms with Gasteiger partial charge in [-0.1, -0.05) is 35.9 Å². The smallest absolute Gasteiger partial charge is 0.272 e. The topological polar surface area (TPSA) is 84.0 Å². The lowest BCUT2D eigenvalue weighted by Crippen LogP contribution is -2.24. The van der Waals surface area contributed by atoms with Crippen LogP contribution in [0.15, 0.2) is 60.7 Å². The Morgan fingerprint density at radius 1 is 1.00 bits per heavy atom. The second-order valence-corrected chi connectivity index (χ2v) is 6.31. The van der Waals surface area contributed by atoms with Gasteiger partial charge in [0.05, 0.1) is 0 Å². The first-order valence-corrected chi connectivity index (χ1v) is 8.63. The summed E-state index contributed by atoms with van der Waals surface area (Å²) < 4.78 is 0. The maximum absolute atomic E-state index is 12.2. The fourth-order valence-electron chi connectivity index (χ4n) is 2.36. The van der Waals surface area contributed by atoms with Gasteiger partial charge >= 0.3 is 0 Å². The van der Waals surface area contributed by atoms with E-state index >= 15 is 0 Å². The second kappa shape index (κ2) is 8.42. The van der Waals surface area contributed by atoms with Crippen LogP contribution in [0.4, 0.5) is 11.5 Å². The average molecular weight is 381 g/mol. The number of aromatic nitrogens is 2. The number of hydrogen-bond acceptors (Lipinski definition) is 5. The van der Waals surface area contributed by atoms with Crippen molar-refractivity contribution in [3.63, 3.8) is 0 Å². The lowest BCUT2D eigenvalue weighted by Gasteiger charge is -2.07. The molecule has 136 valence electrons. The summed E-state index contributed by atoms with van der Waals surface area (Å²) in [6, 6.07) is 17.5. The molecule has 0 spiro atoms. The van der Waals surface area contributed by atoms with E-state index in [1.54, 1.807) is 42.5 Å². The molecule has 0 fully saturated rings. The fourth-order valence-corrected chi connectivity index (χ4v) is 2.49. The standard InChI is InChI=1S/C20H17ClN4O2/c1-13(26)15-3-2-4-17(11-15)23-19-10-9-18(24-25-19)20(27)22-12-14-5-7-16(21)8-6-14/h2-11H,12H2,1H3,(H,22,27)(H,23,25). The summed E-state index contributed by atoms with van der Waals surface area (Å²) in [4.78, 5) is 23.6. The number of Topliss-reactive ketones (excluding diaryl/α,β-unsaturated/α-hetero) is 1. The third-order valence-electron chi connectivity index (χ3n) is 3.81. The first kappa shape index (κ1) is 18.5. The van der Waals surface area contributed by atoms with Gasteiger partial charge in [-0.05, 0) is 48.9 Å². The summed E-state index contributed by atoms with van der Waals surface area (Å²) in [5.74, 6) is 0.143. The fraction of sp³-hybridized carbons (Fsp3) is 0.100. The van der Waals surface area contributed by atoms with Crippen molar-refractivity contribution in [2.24, 2.45) is 0 Å². The Morgan fingerprint density at radius 3 is 2.44 bits per heavy atom. The maximum Gasteiger partial charge on any atom is 0.272 e. The monoisotopic (exact) mass is 380 g/mol. The zero-order valence-electron chi connectivity index (χ0n) is 14.6. The molecular weight excluding hydrogens is 364 g/mol. The molecule has 2 aromatic carbocycles. The third kappa shape index (κ3) is 5.12. The Bertz CT molecular complexity index is 956. The molecule has 3 rings (SSSR count). The van der Waals surface area contributed by atoms with Crippen molar-refractivity contribution in [2.75, 3.05) is 5.32 Å². The number of benzene rings is 2. The number of nitrogens with zero attached hydrogens (tertiary/aromatic N) is 2. The predicted octanol–water partition coefficient (Wildman–Crippen LogP) is 4.01. The molecule has 0 unspecified atom stereocenters. The number of hydrogen-bond donors (Lipinski definition) is 2. The van der Waals surface area contributed by atoms with Crippen LogP contribution in [0.25, 0.3) is 0 Å². The molecule has 6 nitrogen and oxygen atoms in total. The molecule has 2 N–H and O–H groups in total. The van der Waals surface area contributed by atoms with Gasteiger partial charge in [-0.15, -0.1) is 10.2 Å². The van der Waals surface area contributed by atoms with Gasteiger partial charge < -0.3 is 10.6 Å². The van der Waals surface area contributed by atoms with Crippen LogP contribution in [-0.4, -0.2) is 21.9 Å². The average Bonchev–Trinajstić information content (AvgIpc) is 2.68. The van der Waals surface area contributed by atoms with Gasteiger partial charge in [0.1, 0.15) is 0 Å². The van der Waals surface area contributed by atoms with Gasteiger partial charge in [0.15, 0.2) is 17.3 Å². The van der Waals surface area contributed by atoms with Crippen LogP contribution in [0.1, 0.15) is 33.3 Å². The van der Waals surface area contributed by atoms with Crippen LogP contribution >= 0.6 is 11.6 Å². The van der Waals surface area contributed by atoms with Crippen molar-refractivity contribution < 1.29 is 9.59 Å². The lowest BCUT2D eigenvalue weighted by molar-refractivity contribution is 0.0944. The Morgan fingerprint density at radius 2 is 1.78 bits per heavy atom. The highest BCUT2D eigenvalue weighted by Crippen LogP contribution is 2.16. The molecule has 7 heteroatoms. The molecule has 27 heavy (non-hydrogen) atoms. The molecule has 1 heterocycles. The largest absolute Gasteiger partial charge is 0.347 e. The van der Waals surface area contributed by atoms with Crippen molar-refractivity contribution >= 4 is 34.8 Å². The van der Waals surface area contributed by atoms with Gasteiger partial charge in [-0.25, -0.2) is 0 Å². The SMILES string of the molecule is CC(=O)c1cccc(Nc2ccc(C(=O)NCc3ccc(Cl)cc3)nn2)c1. The number of nitrogens with one attached hydrogen (secondary N) is 2. The van der Waals surface area contributed by atoms with E-state index in [-0.39, 0.29) is 17.4 Å². The molecule has 1 aromatic heterocycles. The summed E-state index contributed by atoms with van der Waals surface area (Å²) in [7, 11) is 0. The summed E-state index contributed by atoms with van der Waals surface area (Å²) in [5, 5.41) is 14.4. The predicted molar refractivity (Wildman–Crippen MR) is 104 cm³/mol. The van der Waals surface area contributed by atoms with E-state index in [0.717, 1.165) is 11.3 Å². The molecule has 0 aliphatic rings. The maximum atomic E-state index is 12.2. The first-order chi connectivity index (χ1) is 13.0. The van der Waals surface area contributed by atoms with E-state index in [2.05, 4.69) is 20.8 Å². The van der Waals surface area contributed by atoms with Crippen LogP contribution in [0.2, 0.25) is 5.02 Å². The Balaban J connectivity index is 1.61. The number of ketones is 1. The molecule has 1 amide bonds. The van der Waals surface area contributed by atoms with E-state index in [9.17, 15) is 9.59 Å². The molecule has 0 aliphatic carbocycles. The number of anilines is 2. The van der Waals surface area contributed by atoms with Crippen molar-refractivity contribution in [1.29, 1.82) is 0 Å². The Hall–Kier alpha value is -3.25. The first-order valence-electron chi connectivity index (χ1n) is 8.25. The van der Waals surface area contributed by atoms with Crippen molar-refractivity contribution in [2.45, 2.75) is 13.5 Å². The van der Waals surface area contributed by atoms with E-state index in [1.165, 1.54) is 6.92 Å². The van der Waals surface area contributed by atoms with Crippen molar-refractivity contribution in [3.8, 4) is 0 Å². The lowest BCUT2D eigenvalue weighted by atomic mass is 10.1. The van der Waals surface area contributed by atoms with Crippen LogP contribution in [-0.2, 0) is 6.54 Å². The van der Waals surface area contributed by atoms with Gasteiger partial charge in [-0.3, -0.25) is 9.59 Å². The highest BCUT2D eigenvalue weighted by atomic mass is 35.5. The second-order valence-electron chi connectivity index (χ2n) is 5.87. The molecule has 0 bridgehead atoms. The number of rotatable bonds is 6. The summed E-state index contributed by atoms with van der Waals surface area (Å²) in [5.41, 5.74) is 2.47. The summed E-state index contributed by atoms with van der Waals surface area (Å²) in [6.45, 7) is 1.88. The normalized spacial score (nSPS) is 10.3. The van der Waals surface area contributed by atoms with Crippen LogP contribution in [0.3, 0.4) is 0 Å². The Labute approximate surface area is 161 Å². The minimum Gasteiger partial charge on any atom is -0.347 e. The number of halogens is 1. The highest BCUT2D eigenvalue weighted by molar-refractivity contribution is 6.30. The van der Waals surface area contributed by atoms with Gasteiger partial charge in [0.25, 0.3) is 5.91 Å². The van der Waals surface area contributed by atoms with E-state index in [4.69, 9.17) is 11.6 Å². The number of amides is 1. The minimum atomic E-state index is -0.317. The zero-order valence-corrected chi connectivity index (χ0v) is 15.3. The van der Waals surface area contributed by atoms with E-state index in [1.807, 2.05) is 18.2 Å². The van der Waals surface area contributed by atoms with E-state index in [0.29, 0.717) is 22.9 Å². The van der Waals surface area contributed by atoms with Gasteiger partial charge in [0.2, 0.25) is 0 Å². The van der Waals surface area contributed by atoms with Gasteiger partial charge in [-0.2, -0.15) is 0 Å². The summed E-state index contributed by atoms with van der Waals surface area (Å²) >= 11 is 5.84. The molecule has 0 saturated heterocycles. The van der Waals surface area contributed by atoms with Crippen molar-refractivity contribution in [1.82, 2.24) is 15.5 Å². The molecule has 0 aliphatic heterocycles.